The van der Waals surface area contributed by atoms with Gasteiger partial charge in [-0.05, 0) is 5.56 Å². The highest BCUT2D eigenvalue weighted by Gasteiger charge is 1.91. The molecule has 0 aliphatic rings. The molecule has 0 aromatic heterocycles. The molecule has 3 heteroatoms. The highest BCUT2D eigenvalue weighted by Crippen LogP contribution is 2.02. The van der Waals surface area contributed by atoms with Gasteiger partial charge in [-0.2, -0.15) is 0 Å². The zero-order valence-electron chi connectivity index (χ0n) is 6.36. The van der Waals surface area contributed by atoms with Gasteiger partial charge in [0.15, 0.2) is 0 Å². The van der Waals surface area contributed by atoms with Gasteiger partial charge in [0, 0.05) is 5.56 Å². The second-order valence-corrected chi connectivity index (χ2v) is 2.27. The molecule has 60 valence electrons. The maximum Gasteiger partial charge on any atom is 0.235 e. The van der Waals surface area contributed by atoms with Crippen molar-refractivity contribution in [2.45, 2.75) is 6.54 Å². The number of rotatable bonds is 3. The summed E-state index contributed by atoms with van der Waals surface area (Å²) in [6, 6.07) is 6.88. The van der Waals surface area contributed by atoms with Crippen molar-refractivity contribution in [1.82, 2.24) is 0 Å². The summed E-state index contributed by atoms with van der Waals surface area (Å²) < 4.78 is 0. The molecule has 12 heavy (non-hydrogen) atoms. The Morgan fingerprint density at radius 2 is 2.00 bits per heavy atom. The Kier molecular flexibility index (Phi) is 2.94. The lowest BCUT2D eigenvalue weighted by Crippen LogP contribution is -1.83. The van der Waals surface area contributed by atoms with Crippen LogP contribution in [-0.2, 0) is 11.3 Å². The summed E-state index contributed by atoms with van der Waals surface area (Å²) in [5.74, 6) is 0. The lowest BCUT2D eigenvalue weighted by atomic mass is 10.1. The summed E-state index contributed by atoms with van der Waals surface area (Å²) in [6.07, 6.45) is 2.22. The van der Waals surface area contributed by atoms with Crippen molar-refractivity contribution in [1.29, 1.82) is 0 Å². The number of aldehydes is 1. The summed E-state index contributed by atoms with van der Waals surface area (Å²) in [5, 5.41) is 0. The second kappa shape index (κ2) is 4.21. The molecule has 1 rings (SSSR count). The second-order valence-electron chi connectivity index (χ2n) is 2.27. The van der Waals surface area contributed by atoms with Gasteiger partial charge >= 0.3 is 0 Å². The number of hydrogen-bond acceptors (Lipinski definition) is 3. The first-order valence-corrected chi connectivity index (χ1v) is 3.44. The number of carbonyl (C=O) groups is 1. The number of aliphatic imine (C=N–C) groups is 1. The van der Waals surface area contributed by atoms with Crippen LogP contribution in [0.25, 0.3) is 0 Å². The molecule has 0 spiro atoms. The minimum atomic E-state index is 0.322. The molecular weight excluding hydrogens is 154 g/mol. The fourth-order valence-electron chi connectivity index (χ4n) is 0.825. The lowest BCUT2D eigenvalue weighted by molar-refractivity contribution is 0.112. The van der Waals surface area contributed by atoms with Gasteiger partial charge in [-0.25, -0.2) is 9.79 Å². The van der Waals surface area contributed by atoms with E-state index >= 15 is 0 Å². The molecule has 0 saturated carbocycles. The van der Waals surface area contributed by atoms with Gasteiger partial charge in [0.25, 0.3) is 0 Å². The van der Waals surface area contributed by atoms with E-state index in [1.165, 1.54) is 6.08 Å². The number of benzene rings is 1. The van der Waals surface area contributed by atoms with Crippen LogP contribution in [0.4, 0.5) is 0 Å². The van der Waals surface area contributed by atoms with E-state index in [4.69, 9.17) is 0 Å². The third kappa shape index (κ3) is 2.15. The highest BCUT2D eigenvalue weighted by atomic mass is 16.1. The van der Waals surface area contributed by atoms with Gasteiger partial charge in [0.1, 0.15) is 6.29 Å². The average molecular weight is 161 g/mol. The van der Waals surface area contributed by atoms with Crippen molar-refractivity contribution in [2.75, 3.05) is 0 Å². The minimum Gasteiger partial charge on any atom is -0.298 e. The molecule has 0 aliphatic carbocycles. The monoisotopic (exact) mass is 161 g/mol. The van der Waals surface area contributed by atoms with Crippen LogP contribution in [0.2, 0.25) is 0 Å². The number of isocyanates is 1. The SMILES string of the molecule is O=C=NCc1ccc(C=O)cc1. The zero-order valence-corrected chi connectivity index (χ0v) is 6.36. The van der Waals surface area contributed by atoms with Crippen molar-refractivity contribution in [3.63, 3.8) is 0 Å². The van der Waals surface area contributed by atoms with Crippen molar-refractivity contribution < 1.29 is 9.59 Å². The van der Waals surface area contributed by atoms with Gasteiger partial charge in [-0.1, -0.05) is 24.3 Å². The molecule has 3 nitrogen and oxygen atoms in total. The van der Waals surface area contributed by atoms with Crippen LogP contribution >= 0.6 is 0 Å². The Labute approximate surface area is 69.7 Å². The molecule has 0 unspecified atom stereocenters. The zero-order chi connectivity index (χ0) is 8.81. The molecule has 0 radical (unpaired) electrons. The molecule has 0 saturated heterocycles. The fourth-order valence-corrected chi connectivity index (χ4v) is 0.825. The van der Waals surface area contributed by atoms with E-state index in [2.05, 4.69) is 4.99 Å². The van der Waals surface area contributed by atoms with Crippen molar-refractivity contribution in [3.05, 3.63) is 35.4 Å². The summed E-state index contributed by atoms with van der Waals surface area (Å²) in [7, 11) is 0. The Morgan fingerprint density at radius 3 is 2.50 bits per heavy atom. The van der Waals surface area contributed by atoms with Crippen LogP contribution in [0, 0.1) is 0 Å². The van der Waals surface area contributed by atoms with Crippen LogP contribution in [0.5, 0.6) is 0 Å². The molecule has 1 aromatic carbocycles. The van der Waals surface area contributed by atoms with Crippen molar-refractivity contribution >= 4 is 12.4 Å². The van der Waals surface area contributed by atoms with Crippen LogP contribution in [-0.4, -0.2) is 12.4 Å². The predicted octanol–water partition coefficient (Wildman–Crippen LogP) is 1.33. The van der Waals surface area contributed by atoms with Crippen molar-refractivity contribution in [3.8, 4) is 0 Å². The van der Waals surface area contributed by atoms with Gasteiger partial charge in [-0.15, -0.1) is 0 Å². The van der Waals surface area contributed by atoms with E-state index in [1.807, 2.05) is 0 Å². The third-order valence-corrected chi connectivity index (χ3v) is 1.44. The molecular formula is C9H7NO2. The van der Waals surface area contributed by atoms with Crippen molar-refractivity contribution in [2.24, 2.45) is 4.99 Å². The standard InChI is InChI=1S/C9H7NO2/c11-6-9-3-1-8(2-4-9)5-10-7-12/h1-4,6H,5H2. The number of carbonyl (C=O) groups excluding carboxylic acids is 2. The first-order valence-electron chi connectivity index (χ1n) is 3.44. The summed E-state index contributed by atoms with van der Waals surface area (Å²) >= 11 is 0. The summed E-state index contributed by atoms with van der Waals surface area (Å²) in [5.41, 5.74) is 1.51. The quantitative estimate of drug-likeness (QED) is 0.381. The smallest absolute Gasteiger partial charge is 0.235 e. The topological polar surface area (TPSA) is 46.5 Å². The van der Waals surface area contributed by atoms with Gasteiger partial charge in [0.2, 0.25) is 6.08 Å². The molecule has 1 aromatic rings. The minimum absolute atomic E-state index is 0.322. The third-order valence-electron chi connectivity index (χ3n) is 1.44. The van der Waals surface area contributed by atoms with Gasteiger partial charge < -0.3 is 0 Å². The highest BCUT2D eigenvalue weighted by molar-refractivity contribution is 5.74. The van der Waals surface area contributed by atoms with E-state index in [1.54, 1.807) is 24.3 Å². The first-order chi connectivity index (χ1) is 5.86. The largest absolute Gasteiger partial charge is 0.298 e. The van der Waals surface area contributed by atoms with Crippen LogP contribution in [0.3, 0.4) is 0 Å². The van der Waals surface area contributed by atoms with Crippen LogP contribution in [0.15, 0.2) is 29.3 Å². The van der Waals surface area contributed by atoms with Crippen LogP contribution < -0.4 is 0 Å². The molecule has 0 fully saturated rings. The van der Waals surface area contributed by atoms with E-state index in [0.717, 1.165) is 11.8 Å². The average Bonchev–Trinajstić information content (AvgIpc) is 2.15. The Hall–Kier alpha value is -1.73. The number of nitrogens with zero attached hydrogens (tertiary/aromatic N) is 1. The lowest BCUT2D eigenvalue weighted by Gasteiger charge is -1.93. The normalized spacial score (nSPS) is 8.67. The Balaban J connectivity index is 2.77. The molecule has 0 bridgehead atoms. The maximum absolute atomic E-state index is 10.2. The molecule has 0 amide bonds. The molecule has 0 atom stereocenters. The Bertz CT molecular complexity index is 310. The van der Waals surface area contributed by atoms with E-state index in [9.17, 15) is 9.59 Å². The van der Waals surface area contributed by atoms with Gasteiger partial charge in [0.05, 0.1) is 6.54 Å². The molecule has 0 N–H and O–H groups in total. The fraction of sp³-hybridized carbons (Fsp3) is 0.111. The van der Waals surface area contributed by atoms with Gasteiger partial charge in [-0.3, -0.25) is 4.79 Å². The van der Waals surface area contributed by atoms with E-state index in [-0.39, 0.29) is 0 Å². The van der Waals surface area contributed by atoms with E-state index < -0.39 is 0 Å². The number of hydrogen-bond donors (Lipinski definition) is 0. The summed E-state index contributed by atoms with van der Waals surface area (Å²) in [6.45, 7) is 0.322. The Morgan fingerprint density at radius 1 is 1.33 bits per heavy atom. The molecule has 0 heterocycles. The first kappa shape index (κ1) is 8.37. The maximum atomic E-state index is 10.2. The van der Waals surface area contributed by atoms with E-state index in [0.29, 0.717) is 12.1 Å². The van der Waals surface area contributed by atoms with Crippen LogP contribution in [0.1, 0.15) is 15.9 Å². The summed E-state index contributed by atoms with van der Waals surface area (Å²) in [4.78, 5) is 23.4. The molecule has 0 aliphatic heterocycles. The predicted molar refractivity (Wildman–Crippen MR) is 43.7 cm³/mol.